The fraction of sp³-hybridized carbons (Fsp3) is 0.522. The van der Waals surface area contributed by atoms with Gasteiger partial charge in [-0.3, -0.25) is 9.59 Å². The van der Waals surface area contributed by atoms with Crippen molar-refractivity contribution in [1.29, 1.82) is 0 Å². The second kappa shape index (κ2) is 11.1. The third-order valence-electron chi connectivity index (χ3n) is 6.42. The highest BCUT2D eigenvalue weighted by atomic mass is 19.4. The molecule has 3 N–H and O–H groups in total. The van der Waals surface area contributed by atoms with Crippen LogP contribution >= 0.6 is 0 Å². The molecule has 0 bridgehead atoms. The first-order valence-corrected chi connectivity index (χ1v) is 11.9. The van der Waals surface area contributed by atoms with Crippen LogP contribution in [0.1, 0.15) is 72.4 Å². The van der Waals surface area contributed by atoms with E-state index in [9.17, 15) is 36.6 Å². The fourth-order valence-corrected chi connectivity index (χ4v) is 4.34. The van der Waals surface area contributed by atoms with Crippen molar-refractivity contribution in [2.45, 2.75) is 62.9 Å². The number of alkyl halides is 5. The Morgan fingerprint density at radius 2 is 2.00 bits per heavy atom. The molecule has 0 unspecified atom stereocenters. The molecule has 3 aromatic rings. The van der Waals surface area contributed by atoms with Crippen molar-refractivity contribution >= 4 is 17.5 Å². The molecule has 1 aliphatic rings. The number of hydrogen-bond donors (Lipinski definition) is 3. The smallest absolute Gasteiger partial charge is 0.389 e. The minimum atomic E-state index is -4.52. The lowest BCUT2D eigenvalue weighted by Crippen LogP contribution is -2.37. The molecule has 0 radical (unpaired) electrons. The molecule has 1 fully saturated rings. The van der Waals surface area contributed by atoms with Gasteiger partial charge in [-0.2, -0.15) is 18.3 Å². The predicted octanol–water partition coefficient (Wildman–Crippen LogP) is 3.47. The van der Waals surface area contributed by atoms with Crippen LogP contribution in [-0.4, -0.2) is 55.9 Å². The molecule has 3 heterocycles. The number of carbonyl (C=O) groups excluding carboxylic acids is 2. The Kier molecular flexibility index (Phi) is 8.04. The molecule has 0 aliphatic heterocycles. The van der Waals surface area contributed by atoms with Crippen LogP contribution in [0.4, 0.5) is 22.0 Å². The number of hydrogen-bond acceptors (Lipinski definition) is 8. The summed E-state index contributed by atoms with van der Waals surface area (Å²) in [6.45, 7) is 0. The highest BCUT2D eigenvalue weighted by Crippen LogP contribution is 2.41. The van der Waals surface area contributed by atoms with Gasteiger partial charge in [0, 0.05) is 24.8 Å². The normalized spacial score (nSPS) is 17.5. The van der Waals surface area contributed by atoms with Crippen LogP contribution < -0.4 is 15.4 Å². The van der Waals surface area contributed by atoms with Crippen molar-refractivity contribution in [2.75, 3.05) is 7.11 Å². The van der Waals surface area contributed by atoms with E-state index < -0.39 is 54.9 Å². The van der Waals surface area contributed by atoms with E-state index in [1.807, 2.05) is 0 Å². The number of fused-ring (bicyclic) bond motifs is 1. The molecule has 0 spiro atoms. The summed E-state index contributed by atoms with van der Waals surface area (Å²) in [5, 5.41) is 22.8. The summed E-state index contributed by atoms with van der Waals surface area (Å²) in [6, 6.07) is 0.535. The highest BCUT2D eigenvalue weighted by Gasteiger charge is 2.39. The molecule has 16 heteroatoms. The first-order valence-electron chi connectivity index (χ1n) is 11.9. The SMILES string of the molecule is COc1nocc1C(=O)N[C@H](c1cn2ncc([C@@H](O)NC(=O)CCC(F)(F)F)cc2n1)C1CCC(F)(F)CC1. The van der Waals surface area contributed by atoms with Crippen molar-refractivity contribution in [3.63, 3.8) is 0 Å². The van der Waals surface area contributed by atoms with Crippen LogP contribution in [-0.2, 0) is 4.79 Å². The van der Waals surface area contributed by atoms with Gasteiger partial charge in [0.1, 0.15) is 11.8 Å². The highest BCUT2D eigenvalue weighted by molar-refractivity contribution is 5.96. The zero-order valence-corrected chi connectivity index (χ0v) is 20.5. The van der Waals surface area contributed by atoms with Crippen LogP contribution in [0.3, 0.4) is 0 Å². The number of nitrogens with zero attached hydrogens (tertiary/aromatic N) is 4. The average molecular weight is 560 g/mol. The van der Waals surface area contributed by atoms with Crippen LogP contribution in [0, 0.1) is 5.92 Å². The molecule has 2 atom stereocenters. The minimum absolute atomic E-state index is 0.00259. The zero-order valence-electron chi connectivity index (χ0n) is 20.5. The van der Waals surface area contributed by atoms with Gasteiger partial charge < -0.3 is 25.0 Å². The van der Waals surface area contributed by atoms with E-state index >= 15 is 0 Å². The van der Waals surface area contributed by atoms with E-state index in [-0.39, 0.29) is 48.3 Å². The molecular formula is C23H25F5N6O5. The third kappa shape index (κ3) is 6.99. The van der Waals surface area contributed by atoms with E-state index in [0.717, 1.165) is 6.26 Å². The quantitative estimate of drug-likeness (QED) is 0.267. The fourth-order valence-electron chi connectivity index (χ4n) is 4.34. The van der Waals surface area contributed by atoms with Crippen molar-refractivity contribution in [1.82, 2.24) is 30.4 Å². The van der Waals surface area contributed by atoms with E-state index in [1.54, 1.807) is 0 Å². The standard InChI is InChI=1S/C23H25F5N6O5/c1-38-21-14(11-39-33-21)20(37)32-18(12-2-5-22(24,25)6-3-12)15-10-34-16(30-15)8-13(9-29-34)19(36)31-17(35)4-7-23(26,27)28/h8-12,18-19,36H,2-7H2,1H3,(H,31,35)(H,32,37)/t18-,19+/m0/s1. The Bertz CT molecular complexity index is 1320. The van der Waals surface area contributed by atoms with Gasteiger partial charge in [0.2, 0.25) is 11.8 Å². The van der Waals surface area contributed by atoms with E-state index in [0.29, 0.717) is 5.69 Å². The number of amides is 2. The molecular weight excluding hydrogens is 535 g/mol. The lowest BCUT2D eigenvalue weighted by molar-refractivity contribution is -0.145. The molecule has 0 saturated heterocycles. The van der Waals surface area contributed by atoms with Gasteiger partial charge >= 0.3 is 6.18 Å². The summed E-state index contributed by atoms with van der Waals surface area (Å²) in [4.78, 5) is 29.2. The van der Waals surface area contributed by atoms with E-state index in [2.05, 4.69) is 25.9 Å². The predicted molar refractivity (Wildman–Crippen MR) is 122 cm³/mol. The molecule has 2 amide bonds. The maximum Gasteiger partial charge on any atom is 0.389 e. The van der Waals surface area contributed by atoms with E-state index in [4.69, 9.17) is 9.26 Å². The summed E-state index contributed by atoms with van der Waals surface area (Å²) in [5.41, 5.74) is 0.515. The van der Waals surface area contributed by atoms with Crippen molar-refractivity contribution in [3.8, 4) is 5.88 Å². The number of rotatable bonds is 9. The van der Waals surface area contributed by atoms with Crippen LogP contribution in [0.25, 0.3) is 5.65 Å². The maximum absolute atomic E-state index is 13.8. The van der Waals surface area contributed by atoms with Crippen molar-refractivity contribution in [3.05, 3.63) is 41.5 Å². The zero-order chi connectivity index (χ0) is 28.4. The Morgan fingerprint density at radius 3 is 2.67 bits per heavy atom. The number of methoxy groups -OCH3 is 1. The molecule has 39 heavy (non-hydrogen) atoms. The minimum Gasteiger partial charge on any atom is -0.478 e. The maximum atomic E-state index is 13.8. The van der Waals surface area contributed by atoms with Crippen molar-refractivity contribution < 1.29 is 45.9 Å². The Balaban J connectivity index is 1.56. The summed E-state index contributed by atoms with van der Waals surface area (Å²) in [6.07, 6.45) is -5.14. The van der Waals surface area contributed by atoms with Crippen LogP contribution in [0.2, 0.25) is 0 Å². The number of aliphatic hydroxyl groups excluding tert-OH is 1. The molecule has 3 aromatic heterocycles. The molecule has 212 valence electrons. The lowest BCUT2D eigenvalue weighted by atomic mass is 9.81. The van der Waals surface area contributed by atoms with Crippen LogP contribution in [0.15, 0.2) is 29.2 Å². The number of ether oxygens (including phenoxy) is 1. The second-order valence-electron chi connectivity index (χ2n) is 9.22. The van der Waals surface area contributed by atoms with Crippen molar-refractivity contribution in [2.24, 2.45) is 5.92 Å². The number of imidazole rings is 1. The molecule has 1 saturated carbocycles. The van der Waals surface area contributed by atoms with Gasteiger partial charge in [-0.05, 0) is 30.0 Å². The Hall–Kier alpha value is -3.82. The van der Waals surface area contributed by atoms with Gasteiger partial charge in [-0.15, -0.1) is 0 Å². The van der Waals surface area contributed by atoms with Gasteiger partial charge in [0.15, 0.2) is 11.9 Å². The molecule has 11 nitrogen and oxygen atoms in total. The number of halogens is 5. The topological polar surface area (TPSA) is 144 Å². The Morgan fingerprint density at radius 1 is 1.28 bits per heavy atom. The average Bonchev–Trinajstić information content (AvgIpc) is 3.52. The number of carbonyl (C=O) groups is 2. The number of aromatic nitrogens is 4. The summed E-state index contributed by atoms with van der Waals surface area (Å²) in [5.74, 6) is -4.90. The van der Waals surface area contributed by atoms with E-state index in [1.165, 1.54) is 30.1 Å². The first-order chi connectivity index (χ1) is 18.3. The van der Waals surface area contributed by atoms with Gasteiger partial charge in [0.25, 0.3) is 11.8 Å². The number of nitrogens with one attached hydrogen (secondary N) is 2. The molecule has 0 aromatic carbocycles. The van der Waals surface area contributed by atoms with Gasteiger partial charge in [-0.25, -0.2) is 18.3 Å². The van der Waals surface area contributed by atoms with Gasteiger partial charge in [-0.1, -0.05) is 0 Å². The first kappa shape index (κ1) is 28.2. The largest absolute Gasteiger partial charge is 0.478 e. The summed E-state index contributed by atoms with van der Waals surface area (Å²) >= 11 is 0. The molecule has 4 rings (SSSR count). The van der Waals surface area contributed by atoms with Gasteiger partial charge in [0.05, 0.1) is 37.7 Å². The Labute approximate surface area is 217 Å². The summed E-state index contributed by atoms with van der Waals surface area (Å²) < 4.78 is 75.8. The lowest BCUT2D eigenvalue weighted by Gasteiger charge is -2.33. The number of aliphatic hydroxyl groups is 1. The monoisotopic (exact) mass is 560 g/mol. The second-order valence-corrected chi connectivity index (χ2v) is 9.22. The summed E-state index contributed by atoms with van der Waals surface area (Å²) in [7, 11) is 1.30. The third-order valence-corrected chi connectivity index (χ3v) is 6.42. The molecule has 1 aliphatic carbocycles. The van der Waals surface area contributed by atoms with Crippen LogP contribution in [0.5, 0.6) is 5.88 Å².